The summed E-state index contributed by atoms with van der Waals surface area (Å²) in [7, 11) is 0. The number of rotatable bonds is 6. The molecule has 0 aliphatic rings. The van der Waals surface area contributed by atoms with E-state index in [-0.39, 0.29) is 16.7 Å². The van der Waals surface area contributed by atoms with Gasteiger partial charge >= 0.3 is 0 Å². The molecule has 6 heteroatoms. The maximum absolute atomic E-state index is 11.0. The summed E-state index contributed by atoms with van der Waals surface area (Å²) in [5, 5.41) is 14.3. The average molecular weight is 311 g/mol. The van der Waals surface area contributed by atoms with E-state index in [0.717, 1.165) is 17.3 Å². The predicted molar refractivity (Wildman–Crippen MR) is 82.5 cm³/mol. The van der Waals surface area contributed by atoms with Gasteiger partial charge in [-0.25, -0.2) is 0 Å². The fourth-order valence-corrected chi connectivity index (χ4v) is 3.11. The van der Waals surface area contributed by atoms with Gasteiger partial charge in [0, 0.05) is 29.1 Å². The molecule has 4 nitrogen and oxygen atoms in total. The van der Waals surface area contributed by atoms with Crippen molar-refractivity contribution in [3.8, 4) is 0 Å². The van der Waals surface area contributed by atoms with Crippen LogP contribution in [0.1, 0.15) is 23.4 Å². The minimum Gasteiger partial charge on any atom is -0.310 e. The molecule has 0 saturated carbocycles. The Kier molecular flexibility index (Phi) is 5.11. The number of thiophene rings is 1. The Morgan fingerprint density at radius 1 is 1.35 bits per heavy atom. The van der Waals surface area contributed by atoms with Crippen LogP contribution in [0.3, 0.4) is 0 Å². The smallest absolute Gasteiger partial charge is 0.274 e. The quantitative estimate of drug-likeness (QED) is 0.642. The van der Waals surface area contributed by atoms with E-state index in [1.807, 2.05) is 25.1 Å². The molecule has 0 radical (unpaired) electrons. The summed E-state index contributed by atoms with van der Waals surface area (Å²) < 4.78 is 0.784. The van der Waals surface area contributed by atoms with E-state index < -0.39 is 0 Å². The topological polar surface area (TPSA) is 55.2 Å². The van der Waals surface area contributed by atoms with E-state index >= 15 is 0 Å². The van der Waals surface area contributed by atoms with Crippen molar-refractivity contribution in [2.75, 3.05) is 6.54 Å². The van der Waals surface area contributed by atoms with Crippen molar-refractivity contribution in [2.45, 2.75) is 19.4 Å². The van der Waals surface area contributed by atoms with Crippen LogP contribution < -0.4 is 5.32 Å². The molecule has 20 heavy (non-hydrogen) atoms. The van der Waals surface area contributed by atoms with Crippen molar-refractivity contribution in [2.24, 2.45) is 0 Å². The lowest BCUT2D eigenvalue weighted by Gasteiger charge is -2.13. The lowest BCUT2D eigenvalue weighted by molar-refractivity contribution is -0.385. The molecule has 0 aliphatic carbocycles. The van der Waals surface area contributed by atoms with Gasteiger partial charge < -0.3 is 5.32 Å². The zero-order valence-electron chi connectivity index (χ0n) is 11.0. The van der Waals surface area contributed by atoms with Crippen molar-refractivity contribution < 1.29 is 4.92 Å². The van der Waals surface area contributed by atoms with Gasteiger partial charge in [0.2, 0.25) is 0 Å². The molecule has 1 atom stereocenters. The number of para-hydroxylation sites is 1. The summed E-state index contributed by atoms with van der Waals surface area (Å²) in [5.74, 6) is 0. The third-order valence-corrected chi connectivity index (χ3v) is 4.34. The molecule has 0 bridgehead atoms. The molecular formula is C14H15ClN2O2S. The number of nitro benzene ring substituents is 1. The zero-order valence-corrected chi connectivity index (χ0v) is 12.6. The van der Waals surface area contributed by atoms with E-state index in [1.165, 1.54) is 10.9 Å². The Hall–Kier alpha value is -1.43. The van der Waals surface area contributed by atoms with Crippen molar-refractivity contribution in [3.63, 3.8) is 0 Å². The molecule has 0 amide bonds. The monoisotopic (exact) mass is 310 g/mol. The molecular weight excluding hydrogens is 296 g/mol. The molecule has 1 N–H and O–H groups in total. The third-order valence-electron chi connectivity index (χ3n) is 3.05. The first-order valence-electron chi connectivity index (χ1n) is 6.29. The molecule has 2 rings (SSSR count). The molecule has 1 unspecified atom stereocenters. The second-order valence-electron chi connectivity index (χ2n) is 4.45. The number of nitro groups is 1. The van der Waals surface area contributed by atoms with Gasteiger partial charge in [0.1, 0.15) is 0 Å². The number of hydrogen-bond acceptors (Lipinski definition) is 4. The van der Waals surface area contributed by atoms with E-state index in [4.69, 9.17) is 11.6 Å². The summed E-state index contributed by atoms with van der Waals surface area (Å²) in [4.78, 5) is 11.9. The SMILES string of the molecule is CC(NCCc1ccc(Cl)s1)c1ccccc1[N+](=O)[O-]. The molecule has 1 heterocycles. The van der Waals surface area contributed by atoms with Crippen LogP contribution in [0.4, 0.5) is 5.69 Å². The van der Waals surface area contributed by atoms with Crippen LogP contribution in [0, 0.1) is 10.1 Å². The standard InChI is InChI=1S/C14H15ClN2O2S/c1-10(12-4-2-3-5-13(12)17(18)19)16-9-8-11-6-7-14(15)20-11/h2-7,10,16H,8-9H2,1H3. The van der Waals surface area contributed by atoms with Crippen molar-refractivity contribution in [1.82, 2.24) is 5.32 Å². The van der Waals surface area contributed by atoms with Gasteiger partial charge in [0.05, 0.1) is 9.26 Å². The first-order chi connectivity index (χ1) is 9.58. The fourth-order valence-electron chi connectivity index (χ4n) is 2.03. The van der Waals surface area contributed by atoms with E-state index in [1.54, 1.807) is 23.5 Å². The number of nitrogens with one attached hydrogen (secondary N) is 1. The lowest BCUT2D eigenvalue weighted by Crippen LogP contribution is -2.21. The van der Waals surface area contributed by atoms with Gasteiger partial charge in [-0.3, -0.25) is 10.1 Å². The van der Waals surface area contributed by atoms with Crippen molar-refractivity contribution >= 4 is 28.6 Å². The van der Waals surface area contributed by atoms with Gasteiger partial charge in [-0.2, -0.15) is 0 Å². The van der Waals surface area contributed by atoms with Gasteiger partial charge in [-0.1, -0.05) is 29.8 Å². The molecule has 106 valence electrons. The Bertz CT molecular complexity index is 600. The molecule has 0 aliphatic heterocycles. The average Bonchev–Trinajstić information content (AvgIpc) is 2.84. The molecule has 0 saturated heterocycles. The van der Waals surface area contributed by atoms with Crippen LogP contribution in [-0.2, 0) is 6.42 Å². The first kappa shape index (κ1) is 15.0. The van der Waals surface area contributed by atoms with E-state index in [0.29, 0.717) is 5.56 Å². The highest BCUT2D eigenvalue weighted by atomic mass is 35.5. The molecule has 2 aromatic rings. The van der Waals surface area contributed by atoms with Crippen LogP contribution in [0.15, 0.2) is 36.4 Å². The summed E-state index contributed by atoms with van der Waals surface area (Å²) in [6.45, 7) is 2.69. The highest BCUT2D eigenvalue weighted by Gasteiger charge is 2.17. The normalized spacial score (nSPS) is 12.3. The minimum absolute atomic E-state index is 0.0629. The largest absolute Gasteiger partial charge is 0.310 e. The van der Waals surface area contributed by atoms with Crippen LogP contribution in [0.5, 0.6) is 0 Å². The van der Waals surface area contributed by atoms with Crippen LogP contribution in [-0.4, -0.2) is 11.5 Å². The second kappa shape index (κ2) is 6.83. The van der Waals surface area contributed by atoms with Crippen LogP contribution in [0.25, 0.3) is 0 Å². The first-order valence-corrected chi connectivity index (χ1v) is 7.48. The summed E-state index contributed by atoms with van der Waals surface area (Å²) in [5.41, 5.74) is 0.869. The highest BCUT2D eigenvalue weighted by molar-refractivity contribution is 7.16. The molecule has 1 aromatic carbocycles. The third kappa shape index (κ3) is 3.79. The Morgan fingerprint density at radius 3 is 2.75 bits per heavy atom. The van der Waals surface area contributed by atoms with Crippen LogP contribution in [0.2, 0.25) is 4.34 Å². The minimum atomic E-state index is -0.341. The Morgan fingerprint density at radius 2 is 2.10 bits per heavy atom. The van der Waals surface area contributed by atoms with Crippen molar-refractivity contribution in [1.29, 1.82) is 0 Å². The molecule has 0 fully saturated rings. The van der Waals surface area contributed by atoms with Gasteiger partial charge in [0.15, 0.2) is 0 Å². The summed E-state index contributed by atoms with van der Waals surface area (Å²) in [6, 6.07) is 10.6. The zero-order chi connectivity index (χ0) is 14.5. The number of nitrogens with zero attached hydrogens (tertiary/aromatic N) is 1. The van der Waals surface area contributed by atoms with Gasteiger partial charge in [0.25, 0.3) is 5.69 Å². The fraction of sp³-hybridized carbons (Fsp3) is 0.286. The summed E-state index contributed by atoms with van der Waals surface area (Å²) in [6.07, 6.45) is 0.863. The maximum atomic E-state index is 11.0. The van der Waals surface area contributed by atoms with Gasteiger partial charge in [-0.15, -0.1) is 11.3 Å². The Labute approximate surface area is 126 Å². The van der Waals surface area contributed by atoms with Crippen molar-refractivity contribution in [3.05, 3.63) is 61.3 Å². The Balaban J connectivity index is 1.95. The van der Waals surface area contributed by atoms with E-state index in [9.17, 15) is 10.1 Å². The summed E-state index contributed by atoms with van der Waals surface area (Å²) >= 11 is 7.44. The maximum Gasteiger partial charge on any atom is 0.274 e. The lowest BCUT2D eigenvalue weighted by atomic mass is 10.1. The molecule has 0 spiro atoms. The second-order valence-corrected chi connectivity index (χ2v) is 6.25. The molecule has 1 aromatic heterocycles. The van der Waals surface area contributed by atoms with Gasteiger partial charge in [-0.05, 0) is 25.5 Å². The predicted octanol–water partition coefficient (Wildman–Crippen LogP) is 4.20. The number of halogens is 1. The number of benzene rings is 1. The number of hydrogen-bond donors (Lipinski definition) is 1. The van der Waals surface area contributed by atoms with Crippen LogP contribution >= 0.6 is 22.9 Å². The van der Waals surface area contributed by atoms with E-state index in [2.05, 4.69) is 5.32 Å². The highest BCUT2D eigenvalue weighted by Crippen LogP contribution is 2.25.